The predicted molar refractivity (Wildman–Crippen MR) is 64.4 cm³/mol. The van der Waals surface area contributed by atoms with Gasteiger partial charge in [-0.1, -0.05) is 13.8 Å². The highest BCUT2D eigenvalue weighted by atomic mass is 19.3. The number of hydrogen-bond acceptors (Lipinski definition) is 3. The van der Waals surface area contributed by atoms with Crippen LogP contribution in [0.1, 0.15) is 34.6 Å². The fraction of sp³-hybridized carbons (Fsp3) is 0.917. The van der Waals surface area contributed by atoms with Crippen LogP contribution in [0.2, 0.25) is 0 Å². The molecule has 0 saturated heterocycles. The highest BCUT2D eigenvalue weighted by molar-refractivity contribution is 5.69. The summed E-state index contributed by atoms with van der Waals surface area (Å²) in [4.78, 5) is 11.4. The van der Waals surface area contributed by atoms with Crippen LogP contribution in [-0.4, -0.2) is 29.7 Å². The Labute approximate surface area is 106 Å². The standard InChI is InChI=1S/C12H22F2N2O2/c1-6(2)8(15)7-9(12(7,13)14)16-10(17)18-11(3,4)5/h6-9H,15H2,1-5H3,(H,16,17). The van der Waals surface area contributed by atoms with Gasteiger partial charge in [0.15, 0.2) is 0 Å². The van der Waals surface area contributed by atoms with Crippen molar-refractivity contribution in [1.29, 1.82) is 0 Å². The number of carbonyl (C=O) groups is 1. The summed E-state index contributed by atoms with van der Waals surface area (Å²) in [6, 6.07) is -1.86. The van der Waals surface area contributed by atoms with Gasteiger partial charge in [-0.3, -0.25) is 0 Å². The number of amides is 1. The van der Waals surface area contributed by atoms with Gasteiger partial charge in [0.05, 0.1) is 5.92 Å². The summed E-state index contributed by atoms with van der Waals surface area (Å²) in [5, 5.41) is 2.20. The number of carbonyl (C=O) groups excluding carboxylic acids is 1. The maximum absolute atomic E-state index is 13.5. The molecule has 0 spiro atoms. The molecule has 3 unspecified atom stereocenters. The topological polar surface area (TPSA) is 64.3 Å². The highest BCUT2D eigenvalue weighted by Crippen LogP contribution is 2.51. The number of alkyl halides is 2. The second-order valence-corrected chi connectivity index (χ2v) is 6.15. The Morgan fingerprint density at radius 1 is 1.39 bits per heavy atom. The van der Waals surface area contributed by atoms with E-state index in [4.69, 9.17) is 10.5 Å². The molecule has 0 aromatic carbocycles. The first-order valence-corrected chi connectivity index (χ1v) is 6.09. The fourth-order valence-electron chi connectivity index (χ4n) is 1.86. The van der Waals surface area contributed by atoms with E-state index in [0.29, 0.717) is 0 Å². The smallest absolute Gasteiger partial charge is 0.408 e. The first kappa shape index (κ1) is 15.1. The number of nitrogens with two attached hydrogens (primary N) is 1. The maximum atomic E-state index is 13.5. The molecule has 0 heterocycles. The summed E-state index contributed by atoms with van der Waals surface area (Å²) in [6.07, 6.45) is -0.828. The second-order valence-electron chi connectivity index (χ2n) is 6.15. The summed E-state index contributed by atoms with van der Waals surface area (Å²) in [6.45, 7) is 8.59. The van der Waals surface area contributed by atoms with E-state index in [-0.39, 0.29) is 5.92 Å². The van der Waals surface area contributed by atoms with Gasteiger partial charge in [0.2, 0.25) is 0 Å². The summed E-state index contributed by atoms with van der Waals surface area (Å²) in [5.74, 6) is -4.02. The molecule has 0 radical (unpaired) electrons. The molecule has 1 aliphatic rings. The molecule has 0 aromatic heterocycles. The van der Waals surface area contributed by atoms with Crippen molar-refractivity contribution >= 4 is 6.09 Å². The molecule has 1 fully saturated rings. The van der Waals surface area contributed by atoms with Crippen LogP contribution in [0.15, 0.2) is 0 Å². The number of hydrogen-bond donors (Lipinski definition) is 2. The Bertz CT molecular complexity index is 327. The van der Waals surface area contributed by atoms with Gasteiger partial charge in [0.1, 0.15) is 11.6 Å². The van der Waals surface area contributed by atoms with Crippen molar-refractivity contribution in [1.82, 2.24) is 5.32 Å². The lowest BCUT2D eigenvalue weighted by Crippen LogP contribution is -2.37. The molecule has 0 aromatic rings. The predicted octanol–water partition coefficient (Wildman–Crippen LogP) is 2.13. The summed E-state index contributed by atoms with van der Waals surface area (Å²) < 4.78 is 32.0. The molecule has 3 atom stereocenters. The minimum atomic E-state index is -2.94. The molecule has 3 N–H and O–H groups in total. The van der Waals surface area contributed by atoms with Crippen LogP contribution < -0.4 is 11.1 Å². The summed E-state index contributed by atoms with van der Waals surface area (Å²) in [7, 11) is 0. The van der Waals surface area contributed by atoms with E-state index in [9.17, 15) is 13.6 Å². The van der Waals surface area contributed by atoms with Crippen LogP contribution in [0.5, 0.6) is 0 Å². The molecule has 1 amide bonds. The van der Waals surface area contributed by atoms with Gasteiger partial charge in [-0.25, -0.2) is 13.6 Å². The monoisotopic (exact) mass is 264 g/mol. The summed E-state index contributed by atoms with van der Waals surface area (Å²) in [5.41, 5.74) is 5.01. The third-order valence-electron chi connectivity index (χ3n) is 2.97. The minimum absolute atomic E-state index is 0.0636. The fourth-order valence-corrected chi connectivity index (χ4v) is 1.86. The van der Waals surface area contributed by atoms with Gasteiger partial charge in [-0.2, -0.15) is 0 Å². The van der Waals surface area contributed by atoms with Gasteiger partial charge in [0.25, 0.3) is 5.92 Å². The molecule has 106 valence electrons. The molecule has 6 heteroatoms. The SMILES string of the molecule is CC(C)C(N)C1C(NC(=O)OC(C)(C)C)C1(F)F. The van der Waals surface area contributed by atoms with E-state index in [1.807, 2.05) is 0 Å². The molecular formula is C12H22F2N2O2. The van der Waals surface area contributed by atoms with E-state index in [2.05, 4.69) is 5.32 Å². The lowest BCUT2D eigenvalue weighted by molar-refractivity contribution is 0.0455. The van der Waals surface area contributed by atoms with E-state index < -0.39 is 35.6 Å². The largest absolute Gasteiger partial charge is 0.444 e. The maximum Gasteiger partial charge on any atom is 0.408 e. The number of ether oxygens (including phenoxy) is 1. The summed E-state index contributed by atoms with van der Waals surface area (Å²) >= 11 is 0. The molecule has 0 aliphatic heterocycles. The van der Waals surface area contributed by atoms with Gasteiger partial charge < -0.3 is 15.8 Å². The highest BCUT2D eigenvalue weighted by Gasteiger charge is 2.71. The van der Waals surface area contributed by atoms with Gasteiger partial charge >= 0.3 is 6.09 Å². The van der Waals surface area contributed by atoms with E-state index in [1.165, 1.54) is 0 Å². The number of halogens is 2. The Morgan fingerprint density at radius 3 is 2.28 bits per heavy atom. The Kier molecular flexibility index (Phi) is 3.91. The van der Waals surface area contributed by atoms with Gasteiger partial charge in [0, 0.05) is 6.04 Å². The zero-order chi connectivity index (χ0) is 14.3. The zero-order valence-electron chi connectivity index (χ0n) is 11.5. The average molecular weight is 264 g/mol. The van der Waals surface area contributed by atoms with Crippen LogP contribution in [0.25, 0.3) is 0 Å². The molecule has 1 rings (SSSR count). The number of rotatable bonds is 3. The number of alkyl carbamates (subject to hydrolysis) is 1. The lowest BCUT2D eigenvalue weighted by Gasteiger charge is -2.20. The van der Waals surface area contributed by atoms with Crippen molar-refractivity contribution in [3.05, 3.63) is 0 Å². The molecule has 1 saturated carbocycles. The number of nitrogens with one attached hydrogen (secondary N) is 1. The molecular weight excluding hydrogens is 242 g/mol. The molecule has 0 bridgehead atoms. The minimum Gasteiger partial charge on any atom is -0.444 e. The van der Waals surface area contributed by atoms with E-state index >= 15 is 0 Å². The van der Waals surface area contributed by atoms with Gasteiger partial charge in [-0.05, 0) is 26.7 Å². The van der Waals surface area contributed by atoms with E-state index in [1.54, 1.807) is 34.6 Å². The van der Waals surface area contributed by atoms with Crippen molar-refractivity contribution in [3.8, 4) is 0 Å². The second kappa shape index (κ2) is 4.64. The first-order valence-electron chi connectivity index (χ1n) is 6.09. The lowest BCUT2D eigenvalue weighted by atomic mass is 10.0. The van der Waals surface area contributed by atoms with Crippen LogP contribution in [0.4, 0.5) is 13.6 Å². The average Bonchev–Trinajstić information content (AvgIpc) is 2.63. The Balaban J connectivity index is 2.57. The van der Waals surface area contributed by atoms with Crippen LogP contribution in [-0.2, 0) is 4.74 Å². The first-order chi connectivity index (χ1) is 7.97. The Morgan fingerprint density at radius 2 is 1.89 bits per heavy atom. The van der Waals surface area contributed by atoms with Crippen molar-refractivity contribution in [2.45, 2.75) is 58.2 Å². The zero-order valence-corrected chi connectivity index (χ0v) is 11.5. The van der Waals surface area contributed by atoms with Crippen LogP contribution in [0.3, 0.4) is 0 Å². The van der Waals surface area contributed by atoms with Crippen molar-refractivity contribution in [2.75, 3.05) is 0 Å². The van der Waals surface area contributed by atoms with E-state index in [0.717, 1.165) is 0 Å². The van der Waals surface area contributed by atoms with Crippen molar-refractivity contribution < 1.29 is 18.3 Å². The molecule has 4 nitrogen and oxygen atoms in total. The normalized spacial score (nSPS) is 27.8. The van der Waals surface area contributed by atoms with Crippen LogP contribution >= 0.6 is 0 Å². The molecule has 1 aliphatic carbocycles. The molecule has 18 heavy (non-hydrogen) atoms. The van der Waals surface area contributed by atoms with Crippen molar-refractivity contribution in [3.63, 3.8) is 0 Å². The van der Waals surface area contributed by atoms with Crippen LogP contribution in [0, 0.1) is 11.8 Å². The quantitative estimate of drug-likeness (QED) is 0.820. The van der Waals surface area contributed by atoms with Crippen molar-refractivity contribution in [2.24, 2.45) is 17.6 Å². The third kappa shape index (κ3) is 3.31. The third-order valence-corrected chi connectivity index (χ3v) is 2.97. The Hall–Kier alpha value is -0.910. The van der Waals surface area contributed by atoms with Gasteiger partial charge in [-0.15, -0.1) is 0 Å².